The Balaban J connectivity index is 1.67. The number of carbonyl (C=O) groups excluding carboxylic acids is 2. The van der Waals surface area contributed by atoms with Crippen molar-refractivity contribution in [2.45, 2.75) is 26.6 Å². The minimum atomic E-state index is -4.73. The summed E-state index contributed by atoms with van der Waals surface area (Å²) in [5.41, 5.74) is -0.103. The second-order valence-corrected chi connectivity index (χ2v) is 8.38. The van der Waals surface area contributed by atoms with Gasteiger partial charge in [-0.15, -0.1) is 0 Å². The van der Waals surface area contributed by atoms with Crippen LogP contribution in [-0.4, -0.2) is 43.8 Å². The van der Waals surface area contributed by atoms with E-state index in [1.54, 1.807) is 19.9 Å². The normalized spacial score (nSPS) is 11.6. The second-order valence-electron chi connectivity index (χ2n) is 7.47. The van der Waals surface area contributed by atoms with E-state index >= 15 is 0 Å². The van der Waals surface area contributed by atoms with Crippen molar-refractivity contribution in [1.82, 2.24) is 30.2 Å². The number of aromatic nitrogens is 5. The van der Waals surface area contributed by atoms with E-state index in [1.165, 1.54) is 23.9 Å². The average Bonchev–Trinajstić information content (AvgIpc) is 3.37. The fourth-order valence-electron chi connectivity index (χ4n) is 3.40. The first-order chi connectivity index (χ1) is 16.5. The van der Waals surface area contributed by atoms with E-state index < -0.39 is 23.7 Å². The van der Waals surface area contributed by atoms with E-state index in [-0.39, 0.29) is 34.7 Å². The third kappa shape index (κ3) is 4.87. The Morgan fingerprint density at radius 3 is 2.57 bits per heavy atom. The van der Waals surface area contributed by atoms with Crippen LogP contribution >= 0.6 is 15.9 Å². The lowest BCUT2D eigenvalue weighted by Crippen LogP contribution is -2.18. The maximum atomic E-state index is 13.4. The fourth-order valence-corrected chi connectivity index (χ4v) is 3.76. The molecule has 3 aromatic heterocycles. The highest BCUT2D eigenvalue weighted by atomic mass is 79.9. The largest absolute Gasteiger partial charge is 0.433 e. The van der Waals surface area contributed by atoms with Gasteiger partial charge in [-0.25, -0.2) is 4.98 Å². The third-order valence-electron chi connectivity index (χ3n) is 5.11. The van der Waals surface area contributed by atoms with Crippen molar-refractivity contribution in [1.29, 1.82) is 0 Å². The van der Waals surface area contributed by atoms with Gasteiger partial charge in [0.2, 0.25) is 0 Å². The van der Waals surface area contributed by atoms with E-state index in [0.29, 0.717) is 21.5 Å². The Hall–Kier alpha value is -3.81. The van der Waals surface area contributed by atoms with Gasteiger partial charge in [-0.2, -0.15) is 23.3 Å². The van der Waals surface area contributed by atoms with E-state index in [1.807, 2.05) is 0 Å². The summed E-state index contributed by atoms with van der Waals surface area (Å²) in [6.07, 6.45) is -4.73. The highest BCUT2D eigenvalue weighted by Crippen LogP contribution is 2.32. The molecule has 4 aromatic rings. The minimum Gasteiger partial charge on any atom is -0.351 e. The maximum Gasteiger partial charge on any atom is 0.433 e. The van der Waals surface area contributed by atoms with Gasteiger partial charge in [0.25, 0.3) is 5.91 Å². The second kappa shape index (κ2) is 9.09. The molecule has 0 aliphatic rings. The van der Waals surface area contributed by atoms with Crippen LogP contribution in [0.1, 0.15) is 43.9 Å². The van der Waals surface area contributed by atoms with Crippen LogP contribution in [0.5, 0.6) is 0 Å². The molecule has 2 N–H and O–H groups in total. The molecule has 0 radical (unpaired) electrons. The summed E-state index contributed by atoms with van der Waals surface area (Å²) in [6.45, 7) is 3.33. The number of pyridine rings is 1. The Labute approximate surface area is 204 Å². The number of rotatable bonds is 5. The summed E-state index contributed by atoms with van der Waals surface area (Å²) < 4.78 is 47.2. The van der Waals surface area contributed by atoms with Gasteiger partial charge < -0.3 is 15.2 Å². The van der Waals surface area contributed by atoms with Crippen LogP contribution in [0.3, 0.4) is 0 Å². The van der Waals surface area contributed by atoms with Gasteiger partial charge in [0.15, 0.2) is 5.82 Å². The molecule has 0 atom stereocenters. The predicted molar refractivity (Wildman–Crippen MR) is 121 cm³/mol. The van der Waals surface area contributed by atoms with Crippen molar-refractivity contribution in [2.75, 3.05) is 12.4 Å². The lowest BCUT2D eigenvalue weighted by Gasteiger charge is -2.13. The van der Waals surface area contributed by atoms with Gasteiger partial charge in [-0.1, -0.05) is 21.1 Å². The molecule has 0 aliphatic heterocycles. The molecule has 0 unspecified atom stereocenters. The molecule has 3 heterocycles. The van der Waals surface area contributed by atoms with Crippen LogP contribution in [0, 0.1) is 13.8 Å². The summed E-state index contributed by atoms with van der Waals surface area (Å²) in [7, 11) is 1.42. The van der Waals surface area contributed by atoms with E-state index in [2.05, 4.69) is 46.8 Å². The van der Waals surface area contributed by atoms with E-state index in [9.17, 15) is 22.8 Å². The number of amides is 2. The van der Waals surface area contributed by atoms with Gasteiger partial charge in [-0.05, 0) is 38.1 Å². The highest BCUT2D eigenvalue weighted by Gasteiger charge is 2.34. The van der Waals surface area contributed by atoms with E-state index in [0.717, 1.165) is 6.07 Å². The zero-order valence-electron chi connectivity index (χ0n) is 18.5. The van der Waals surface area contributed by atoms with Crippen molar-refractivity contribution in [3.8, 4) is 0 Å². The molecular weight excluding hydrogens is 535 g/mol. The van der Waals surface area contributed by atoms with Crippen LogP contribution in [0.15, 0.2) is 33.3 Å². The monoisotopic (exact) mass is 551 g/mol. The predicted octanol–water partition coefficient (Wildman–Crippen LogP) is 3.87. The summed E-state index contributed by atoms with van der Waals surface area (Å²) in [6, 6.07) is 5.20. The zero-order valence-corrected chi connectivity index (χ0v) is 20.1. The average molecular weight is 552 g/mol. The summed E-state index contributed by atoms with van der Waals surface area (Å²) in [5.74, 6) is -1.34. The summed E-state index contributed by atoms with van der Waals surface area (Å²) in [4.78, 5) is 32.4. The quantitative estimate of drug-likeness (QED) is 0.385. The van der Waals surface area contributed by atoms with E-state index in [4.69, 9.17) is 4.52 Å². The van der Waals surface area contributed by atoms with Crippen LogP contribution in [0.25, 0.3) is 10.9 Å². The topological polar surface area (TPSA) is 128 Å². The van der Waals surface area contributed by atoms with Gasteiger partial charge in [0.05, 0.1) is 28.2 Å². The first-order valence-corrected chi connectivity index (χ1v) is 10.8. The number of fused-ring (bicyclic) bond motifs is 1. The Kier molecular flexibility index (Phi) is 6.32. The standard InChI is InChI=1S/C21H17BrF3N7O3/c1-9-17(10(2)32(30-9)8-16-28-20(35-31-16)19(34)26-3)29-18(33)13-7-15(21(23,24)25)27-14-5-4-11(22)6-12(13)14/h4-7H,8H2,1-3H3,(H,26,34)(H,29,33). The lowest BCUT2D eigenvalue weighted by atomic mass is 10.1. The first kappa shape index (κ1) is 24.3. The number of nitrogens with one attached hydrogen (secondary N) is 2. The number of anilines is 1. The van der Waals surface area contributed by atoms with Crippen molar-refractivity contribution in [2.24, 2.45) is 0 Å². The third-order valence-corrected chi connectivity index (χ3v) is 5.60. The van der Waals surface area contributed by atoms with Crippen LogP contribution in [0.4, 0.5) is 18.9 Å². The van der Waals surface area contributed by atoms with Crippen molar-refractivity contribution < 1.29 is 27.3 Å². The number of benzene rings is 1. The Bertz CT molecular complexity index is 1460. The van der Waals surface area contributed by atoms with Gasteiger partial charge in [0, 0.05) is 16.9 Å². The molecule has 0 spiro atoms. The van der Waals surface area contributed by atoms with Crippen LogP contribution in [0.2, 0.25) is 0 Å². The zero-order chi connectivity index (χ0) is 25.5. The molecule has 2 amide bonds. The molecule has 0 bridgehead atoms. The first-order valence-electron chi connectivity index (χ1n) is 10.1. The number of carbonyl (C=O) groups is 2. The number of halogens is 4. The Morgan fingerprint density at radius 1 is 1.14 bits per heavy atom. The maximum absolute atomic E-state index is 13.4. The molecule has 35 heavy (non-hydrogen) atoms. The molecule has 14 heteroatoms. The van der Waals surface area contributed by atoms with Gasteiger partial charge in [0.1, 0.15) is 12.2 Å². The van der Waals surface area contributed by atoms with Crippen LogP contribution in [-0.2, 0) is 12.7 Å². The van der Waals surface area contributed by atoms with Crippen molar-refractivity contribution >= 4 is 44.3 Å². The Morgan fingerprint density at radius 2 is 1.89 bits per heavy atom. The molecular formula is C21H17BrF3N7O3. The lowest BCUT2D eigenvalue weighted by molar-refractivity contribution is -0.140. The molecule has 0 saturated carbocycles. The molecule has 182 valence electrons. The fraction of sp³-hybridized carbons (Fsp3) is 0.238. The number of hydrogen-bond donors (Lipinski definition) is 2. The SMILES string of the molecule is CNC(=O)c1nc(Cn2nc(C)c(NC(=O)c3cc(C(F)(F)F)nc4ccc(Br)cc34)c2C)no1. The summed E-state index contributed by atoms with van der Waals surface area (Å²) >= 11 is 3.27. The van der Waals surface area contributed by atoms with Crippen LogP contribution < -0.4 is 10.6 Å². The number of hydrogen-bond acceptors (Lipinski definition) is 7. The van der Waals surface area contributed by atoms with Crippen molar-refractivity contribution in [3.05, 3.63) is 63.1 Å². The van der Waals surface area contributed by atoms with Crippen molar-refractivity contribution in [3.63, 3.8) is 0 Å². The van der Waals surface area contributed by atoms with Gasteiger partial charge in [-0.3, -0.25) is 14.3 Å². The van der Waals surface area contributed by atoms with Gasteiger partial charge >= 0.3 is 18.0 Å². The molecule has 0 fully saturated rings. The number of aryl methyl sites for hydroxylation is 1. The highest BCUT2D eigenvalue weighted by molar-refractivity contribution is 9.10. The molecule has 0 saturated heterocycles. The smallest absolute Gasteiger partial charge is 0.351 e. The molecule has 10 nitrogen and oxygen atoms in total. The molecule has 0 aliphatic carbocycles. The number of alkyl halides is 3. The number of nitrogens with zero attached hydrogens (tertiary/aromatic N) is 5. The summed E-state index contributed by atoms with van der Waals surface area (Å²) in [5, 5.41) is 13.4. The molecule has 4 rings (SSSR count). The minimum absolute atomic E-state index is 0.0290. The molecule has 1 aromatic carbocycles.